The van der Waals surface area contributed by atoms with E-state index in [-0.39, 0.29) is 0 Å². The Kier molecular flexibility index (Phi) is 10.6. The van der Waals surface area contributed by atoms with E-state index in [0.717, 1.165) is 5.52 Å². The summed E-state index contributed by atoms with van der Waals surface area (Å²) in [5.74, 6) is 2.69. The molecular formula is C47H61N2+. The van der Waals surface area contributed by atoms with Gasteiger partial charge >= 0.3 is 0 Å². The molecule has 0 radical (unpaired) electrons. The van der Waals surface area contributed by atoms with Gasteiger partial charge in [0.1, 0.15) is 5.69 Å². The van der Waals surface area contributed by atoms with Gasteiger partial charge in [-0.15, -0.1) is 0 Å². The van der Waals surface area contributed by atoms with Crippen molar-refractivity contribution in [2.75, 3.05) is 0 Å². The third kappa shape index (κ3) is 6.99. The van der Waals surface area contributed by atoms with Crippen LogP contribution in [0.25, 0.3) is 44.4 Å². The lowest BCUT2D eigenvalue weighted by atomic mass is 9.80. The summed E-state index contributed by atoms with van der Waals surface area (Å²) in [4.78, 5) is 5.04. The lowest BCUT2D eigenvalue weighted by Crippen LogP contribution is -2.32. The molecule has 0 fully saturated rings. The molecule has 0 saturated heterocycles. The van der Waals surface area contributed by atoms with E-state index in [0.29, 0.717) is 35.5 Å². The number of benzene rings is 4. The molecule has 2 nitrogen and oxygen atoms in total. The summed E-state index contributed by atoms with van der Waals surface area (Å²) in [6.45, 7) is 32.5. The highest BCUT2D eigenvalue weighted by molar-refractivity contribution is 5.95. The highest BCUT2D eigenvalue weighted by Crippen LogP contribution is 2.43. The van der Waals surface area contributed by atoms with Gasteiger partial charge in [-0.1, -0.05) is 119 Å². The van der Waals surface area contributed by atoms with Gasteiger partial charge in [-0.05, 0) is 139 Å². The summed E-state index contributed by atoms with van der Waals surface area (Å²) in [5.41, 5.74) is 20.2. The first-order valence-corrected chi connectivity index (χ1v) is 18.8. The van der Waals surface area contributed by atoms with Gasteiger partial charge in [0.15, 0.2) is 5.52 Å². The minimum atomic E-state index is 0.424. The Hall–Kier alpha value is -3.78. The lowest BCUT2D eigenvalue weighted by Gasteiger charge is -2.24. The first-order chi connectivity index (χ1) is 23.0. The number of hydrogen-bond donors (Lipinski definition) is 0. The normalized spacial score (nSPS) is 12.3. The third-order valence-electron chi connectivity index (χ3n) is 10.7. The monoisotopic (exact) mass is 653 g/mol. The molecule has 1 heterocycles. The van der Waals surface area contributed by atoms with E-state index in [1.165, 1.54) is 83.4 Å². The molecular weight excluding hydrogens is 593 g/mol. The maximum absolute atomic E-state index is 5.04. The molecule has 4 aromatic carbocycles. The molecule has 5 rings (SSSR count). The minimum Gasteiger partial charge on any atom is -0.232 e. The van der Waals surface area contributed by atoms with Crippen molar-refractivity contribution in [3.8, 4) is 33.5 Å². The average molecular weight is 654 g/mol. The topological polar surface area (TPSA) is 16.8 Å². The van der Waals surface area contributed by atoms with Crippen LogP contribution in [0.15, 0.2) is 60.9 Å². The summed E-state index contributed by atoms with van der Waals surface area (Å²) in [5, 5.41) is 1.19. The number of aryl methyl sites for hydroxylation is 2. The zero-order chi connectivity index (χ0) is 36.1. The Morgan fingerprint density at radius 2 is 0.959 bits per heavy atom. The molecule has 1 aromatic heterocycles. The predicted molar refractivity (Wildman–Crippen MR) is 213 cm³/mol. The predicted octanol–water partition coefficient (Wildman–Crippen LogP) is 13.4. The molecule has 0 amide bonds. The van der Waals surface area contributed by atoms with Crippen LogP contribution in [-0.2, 0) is 7.05 Å². The van der Waals surface area contributed by atoms with Crippen molar-refractivity contribution < 1.29 is 4.57 Å². The van der Waals surface area contributed by atoms with Crippen LogP contribution in [0.5, 0.6) is 0 Å². The van der Waals surface area contributed by atoms with E-state index in [2.05, 4.69) is 163 Å². The summed E-state index contributed by atoms with van der Waals surface area (Å²) in [7, 11) is 2.14. The number of hydrogen-bond acceptors (Lipinski definition) is 1. The van der Waals surface area contributed by atoms with Crippen molar-refractivity contribution in [1.29, 1.82) is 0 Å². The van der Waals surface area contributed by atoms with E-state index in [4.69, 9.17) is 4.98 Å². The molecule has 0 aliphatic carbocycles. The van der Waals surface area contributed by atoms with Gasteiger partial charge in [0.2, 0.25) is 0 Å². The van der Waals surface area contributed by atoms with Crippen LogP contribution in [0.1, 0.15) is 163 Å². The fourth-order valence-electron chi connectivity index (χ4n) is 7.55. The van der Waals surface area contributed by atoms with Crippen molar-refractivity contribution in [3.05, 3.63) is 105 Å². The smallest absolute Gasteiger partial charge is 0.232 e. The summed E-state index contributed by atoms with van der Waals surface area (Å²) in [6.07, 6.45) is 2.01. The first kappa shape index (κ1) is 36.5. The lowest BCUT2D eigenvalue weighted by molar-refractivity contribution is -0.662. The second-order valence-electron chi connectivity index (χ2n) is 16.5. The number of rotatable bonds is 9. The Morgan fingerprint density at radius 3 is 1.39 bits per heavy atom. The fraction of sp³-hybridized carbons (Fsp3) is 0.447. The maximum atomic E-state index is 5.04. The Morgan fingerprint density at radius 1 is 0.510 bits per heavy atom. The number of fused-ring (bicyclic) bond motifs is 1. The highest BCUT2D eigenvalue weighted by Gasteiger charge is 2.25. The summed E-state index contributed by atoms with van der Waals surface area (Å²) < 4.78 is 2.22. The van der Waals surface area contributed by atoms with Gasteiger partial charge < -0.3 is 0 Å². The van der Waals surface area contributed by atoms with Gasteiger partial charge in [0.25, 0.3) is 6.33 Å². The van der Waals surface area contributed by atoms with Crippen LogP contribution in [0.2, 0.25) is 0 Å². The number of nitrogens with zero attached hydrogens (tertiary/aromatic N) is 2. The Bertz CT molecular complexity index is 1940. The molecule has 0 aliphatic rings. The van der Waals surface area contributed by atoms with Gasteiger partial charge in [-0.2, -0.15) is 0 Å². The molecule has 2 heteroatoms. The molecule has 258 valence electrons. The van der Waals surface area contributed by atoms with Crippen molar-refractivity contribution in [3.63, 3.8) is 0 Å². The average Bonchev–Trinajstić information content (AvgIpc) is 3.04. The largest absolute Gasteiger partial charge is 0.287 e. The second-order valence-corrected chi connectivity index (χ2v) is 16.5. The number of aromatic nitrogens is 2. The SMILES string of the molecule is Cc1cc(-c2c(C(C)C)cc(C(C)C)cc2C(C)C)cc(-c2c3ccc(-c4c(C(C)C)cc(C(C)C)cc4C(C)C)cc3nc[n+]2C)c1C. The standard InChI is InChI=1S/C47H61N2/c1-26(2)35-19-39(28(5)6)45(40(20-35)29(7)8)34-16-17-38-44(24-34)48-25-49(15)47(38)43-23-37(18-32(13)33(43)14)46-41(30(9)10)21-36(27(3)4)22-42(46)31(11)12/h16-31H,1-15H3/q+1. The second kappa shape index (κ2) is 14.2. The third-order valence-corrected chi connectivity index (χ3v) is 10.7. The van der Waals surface area contributed by atoms with E-state index in [1.54, 1.807) is 0 Å². The Labute approximate surface area is 298 Å². The zero-order valence-corrected chi connectivity index (χ0v) is 33.1. The van der Waals surface area contributed by atoms with Crippen molar-refractivity contribution >= 4 is 10.9 Å². The van der Waals surface area contributed by atoms with Gasteiger partial charge in [0.05, 0.1) is 12.4 Å². The van der Waals surface area contributed by atoms with Crippen LogP contribution in [-0.4, -0.2) is 4.98 Å². The molecule has 49 heavy (non-hydrogen) atoms. The molecule has 0 aliphatic heterocycles. The molecule has 0 saturated carbocycles. The van der Waals surface area contributed by atoms with Crippen LogP contribution < -0.4 is 4.57 Å². The quantitative estimate of drug-likeness (QED) is 0.145. The molecule has 0 atom stereocenters. The highest BCUT2D eigenvalue weighted by atomic mass is 15.0. The van der Waals surface area contributed by atoms with Gasteiger partial charge in [0, 0.05) is 5.56 Å². The molecule has 0 unspecified atom stereocenters. The molecule has 0 spiro atoms. The summed E-state index contributed by atoms with van der Waals surface area (Å²) >= 11 is 0. The molecule has 0 bridgehead atoms. The van der Waals surface area contributed by atoms with Crippen LogP contribution in [0.3, 0.4) is 0 Å². The fourth-order valence-corrected chi connectivity index (χ4v) is 7.55. The zero-order valence-electron chi connectivity index (χ0n) is 33.1. The van der Waals surface area contributed by atoms with E-state index in [1.807, 2.05) is 6.33 Å². The van der Waals surface area contributed by atoms with Crippen LogP contribution >= 0.6 is 0 Å². The van der Waals surface area contributed by atoms with E-state index in [9.17, 15) is 0 Å². The van der Waals surface area contributed by atoms with Crippen molar-refractivity contribution in [1.82, 2.24) is 4.98 Å². The van der Waals surface area contributed by atoms with Gasteiger partial charge in [-0.25, -0.2) is 4.57 Å². The summed E-state index contributed by atoms with van der Waals surface area (Å²) in [6, 6.07) is 21.7. The first-order valence-electron chi connectivity index (χ1n) is 18.8. The minimum absolute atomic E-state index is 0.424. The van der Waals surface area contributed by atoms with Crippen molar-refractivity contribution in [2.45, 2.75) is 132 Å². The van der Waals surface area contributed by atoms with Crippen LogP contribution in [0.4, 0.5) is 0 Å². The Balaban J connectivity index is 1.78. The maximum Gasteiger partial charge on any atom is 0.287 e. The molecule has 0 N–H and O–H groups in total. The van der Waals surface area contributed by atoms with Gasteiger partial charge in [-0.3, -0.25) is 0 Å². The van der Waals surface area contributed by atoms with Crippen LogP contribution in [0, 0.1) is 13.8 Å². The van der Waals surface area contributed by atoms with E-state index >= 15 is 0 Å². The van der Waals surface area contributed by atoms with Crippen molar-refractivity contribution in [2.24, 2.45) is 7.05 Å². The van der Waals surface area contributed by atoms with E-state index < -0.39 is 0 Å². The molecule has 5 aromatic rings.